The Labute approximate surface area is 260 Å². The van der Waals surface area contributed by atoms with Crippen LogP contribution in [0.2, 0.25) is 5.02 Å². The number of halogens is 2. The molecule has 1 atom stereocenters. The highest BCUT2D eigenvalue weighted by molar-refractivity contribution is 9.10. The molecule has 0 fully saturated rings. The summed E-state index contributed by atoms with van der Waals surface area (Å²) in [4.78, 5) is 44.0. The van der Waals surface area contributed by atoms with Crippen LogP contribution >= 0.6 is 38.9 Å². The summed E-state index contributed by atoms with van der Waals surface area (Å²) in [5.41, 5.74) is 1.64. The van der Waals surface area contributed by atoms with Gasteiger partial charge < -0.3 is 18.9 Å². The Hall–Kier alpha value is -3.41. The van der Waals surface area contributed by atoms with Crippen molar-refractivity contribution in [3.05, 3.63) is 88.0 Å². The molecule has 0 aliphatic carbocycles. The van der Waals surface area contributed by atoms with E-state index >= 15 is 0 Å². The first kappa shape index (κ1) is 31.5. The predicted octanol–water partition coefficient (Wildman–Crippen LogP) is 4.94. The normalized spacial score (nSPS) is 14.9. The zero-order valence-electron chi connectivity index (χ0n) is 23.7. The molecule has 1 aliphatic heterocycles. The van der Waals surface area contributed by atoms with Gasteiger partial charge in [0.1, 0.15) is 11.8 Å². The third kappa shape index (κ3) is 6.79. The molecular weight excluding hydrogens is 648 g/mol. The van der Waals surface area contributed by atoms with Gasteiger partial charge >= 0.3 is 11.9 Å². The minimum Gasteiger partial charge on any atom is -0.491 e. The minimum absolute atomic E-state index is 0.134. The number of aromatic nitrogens is 1. The maximum atomic E-state index is 14.0. The van der Waals surface area contributed by atoms with Crippen molar-refractivity contribution in [1.82, 2.24) is 4.57 Å². The van der Waals surface area contributed by atoms with E-state index in [0.29, 0.717) is 36.4 Å². The molecule has 222 valence electrons. The Bertz CT molecular complexity index is 1700. The van der Waals surface area contributed by atoms with E-state index in [1.165, 1.54) is 15.9 Å². The van der Waals surface area contributed by atoms with E-state index in [-0.39, 0.29) is 47.8 Å². The van der Waals surface area contributed by atoms with Gasteiger partial charge in [0.2, 0.25) is 0 Å². The summed E-state index contributed by atoms with van der Waals surface area (Å²) in [7, 11) is 0. The van der Waals surface area contributed by atoms with Crippen LogP contribution in [0.25, 0.3) is 6.08 Å². The van der Waals surface area contributed by atoms with Gasteiger partial charge in [-0.3, -0.25) is 9.36 Å². The van der Waals surface area contributed by atoms with Gasteiger partial charge in [0.05, 0.1) is 44.6 Å². The lowest BCUT2D eigenvalue weighted by molar-refractivity contribution is -0.145. The number of carbonyl (C=O) groups is 2. The van der Waals surface area contributed by atoms with Crippen LogP contribution in [0.1, 0.15) is 51.8 Å². The maximum absolute atomic E-state index is 14.0. The molecule has 2 heterocycles. The van der Waals surface area contributed by atoms with E-state index in [1.807, 2.05) is 38.1 Å². The summed E-state index contributed by atoms with van der Waals surface area (Å²) in [6, 6.07) is 9.87. The number of carbonyl (C=O) groups excluding carboxylic acids is 2. The SMILES string of the molecule is CCOC(=O)COc1c(Cl)cc(/C=c2/sc3n(c2=O)[C@@H](c2ccccc2OC(C)C)C(C(=O)OCC)=C(C)N=3)cc1Br. The molecule has 9 nitrogen and oxygen atoms in total. The Kier molecular flexibility index (Phi) is 10.3. The van der Waals surface area contributed by atoms with Gasteiger partial charge in [0.25, 0.3) is 5.56 Å². The number of benzene rings is 2. The second-order valence-corrected chi connectivity index (χ2v) is 11.7. The first-order valence-electron chi connectivity index (χ1n) is 13.3. The van der Waals surface area contributed by atoms with Crippen LogP contribution in [0.4, 0.5) is 0 Å². The number of ether oxygens (including phenoxy) is 4. The number of allylic oxidation sites excluding steroid dienone is 1. The van der Waals surface area contributed by atoms with Gasteiger partial charge in [-0.25, -0.2) is 14.6 Å². The van der Waals surface area contributed by atoms with E-state index in [4.69, 9.17) is 30.5 Å². The fourth-order valence-corrected chi connectivity index (χ4v) is 6.47. The van der Waals surface area contributed by atoms with Crippen molar-refractivity contribution >= 4 is 56.9 Å². The van der Waals surface area contributed by atoms with Gasteiger partial charge in [-0.05, 0) is 80.4 Å². The van der Waals surface area contributed by atoms with Crippen molar-refractivity contribution in [3.63, 3.8) is 0 Å². The monoisotopic (exact) mass is 676 g/mol. The van der Waals surface area contributed by atoms with Crippen molar-refractivity contribution in [2.24, 2.45) is 4.99 Å². The Morgan fingerprint density at radius 3 is 2.55 bits per heavy atom. The quantitative estimate of drug-likeness (QED) is 0.280. The van der Waals surface area contributed by atoms with E-state index < -0.39 is 18.0 Å². The lowest BCUT2D eigenvalue weighted by Crippen LogP contribution is -2.40. The summed E-state index contributed by atoms with van der Waals surface area (Å²) < 4.78 is 24.3. The Morgan fingerprint density at radius 2 is 1.88 bits per heavy atom. The van der Waals surface area contributed by atoms with E-state index in [2.05, 4.69) is 20.9 Å². The Balaban J connectivity index is 1.84. The van der Waals surface area contributed by atoms with E-state index in [1.54, 1.807) is 39.0 Å². The average molecular weight is 678 g/mol. The van der Waals surface area contributed by atoms with Crippen molar-refractivity contribution in [3.8, 4) is 11.5 Å². The van der Waals surface area contributed by atoms with Crippen molar-refractivity contribution < 1.29 is 28.5 Å². The number of hydrogen-bond acceptors (Lipinski definition) is 9. The third-order valence-corrected chi connectivity index (χ3v) is 7.90. The molecule has 2 aromatic carbocycles. The second-order valence-electron chi connectivity index (χ2n) is 9.41. The predicted molar refractivity (Wildman–Crippen MR) is 164 cm³/mol. The zero-order valence-corrected chi connectivity index (χ0v) is 26.9. The molecule has 0 saturated heterocycles. The van der Waals surface area contributed by atoms with E-state index in [0.717, 1.165) is 0 Å². The fraction of sp³-hybridized carbons (Fsp3) is 0.333. The fourth-order valence-electron chi connectivity index (χ4n) is 4.44. The molecule has 3 aromatic rings. The van der Waals surface area contributed by atoms with Crippen LogP contribution in [0.3, 0.4) is 0 Å². The number of fused-ring (bicyclic) bond motifs is 1. The highest BCUT2D eigenvalue weighted by Gasteiger charge is 2.35. The third-order valence-electron chi connectivity index (χ3n) is 6.05. The standard InChI is InChI=1S/C30H30BrClN2O7S/c1-6-38-24(35)15-40-27-20(31)12-18(13-21(27)32)14-23-28(36)34-26(19-10-8-9-11-22(19)41-16(3)4)25(29(37)39-7-2)17(5)33-30(34)42-23/h8-14,16,26H,6-7,15H2,1-5H3/b23-14+/t26-/m0/s1. The molecule has 1 aliphatic rings. The summed E-state index contributed by atoms with van der Waals surface area (Å²) in [6.07, 6.45) is 1.55. The summed E-state index contributed by atoms with van der Waals surface area (Å²) in [6.45, 7) is 9.10. The van der Waals surface area contributed by atoms with Crippen LogP contribution in [-0.2, 0) is 19.1 Å². The zero-order chi connectivity index (χ0) is 30.6. The molecule has 4 rings (SSSR count). The van der Waals surface area contributed by atoms with Crippen LogP contribution in [0.15, 0.2) is 61.9 Å². The number of nitrogens with zero attached hydrogens (tertiary/aromatic N) is 2. The molecule has 0 bridgehead atoms. The van der Waals surface area contributed by atoms with Gasteiger partial charge in [0, 0.05) is 5.56 Å². The first-order chi connectivity index (χ1) is 20.0. The maximum Gasteiger partial charge on any atom is 0.344 e. The molecule has 0 N–H and O–H groups in total. The topological polar surface area (TPSA) is 105 Å². The number of thiazole rings is 1. The lowest BCUT2D eigenvalue weighted by Gasteiger charge is -2.26. The van der Waals surface area contributed by atoms with Crippen molar-refractivity contribution in [2.45, 2.75) is 46.8 Å². The summed E-state index contributed by atoms with van der Waals surface area (Å²) >= 11 is 11.1. The molecular formula is C30H30BrClN2O7S. The molecule has 42 heavy (non-hydrogen) atoms. The molecule has 1 aromatic heterocycles. The van der Waals surface area contributed by atoms with E-state index in [9.17, 15) is 14.4 Å². The summed E-state index contributed by atoms with van der Waals surface area (Å²) in [5, 5.41) is 0.241. The molecule has 0 radical (unpaired) electrons. The largest absolute Gasteiger partial charge is 0.491 e. The number of esters is 2. The number of hydrogen-bond donors (Lipinski definition) is 0. The van der Waals surface area contributed by atoms with Crippen LogP contribution < -0.4 is 24.4 Å². The molecule has 0 amide bonds. The van der Waals surface area contributed by atoms with Crippen molar-refractivity contribution in [2.75, 3.05) is 19.8 Å². The van der Waals surface area contributed by atoms with Gasteiger partial charge in [-0.15, -0.1) is 0 Å². The average Bonchev–Trinajstić information content (AvgIpc) is 3.21. The highest BCUT2D eigenvalue weighted by atomic mass is 79.9. The highest BCUT2D eigenvalue weighted by Crippen LogP contribution is 2.37. The van der Waals surface area contributed by atoms with Crippen LogP contribution in [-0.4, -0.2) is 42.4 Å². The lowest BCUT2D eigenvalue weighted by atomic mass is 9.95. The second kappa shape index (κ2) is 13.7. The van der Waals surface area contributed by atoms with Gasteiger partial charge in [-0.1, -0.05) is 41.1 Å². The number of para-hydroxylation sites is 1. The van der Waals surface area contributed by atoms with Gasteiger partial charge in [0.15, 0.2) is 17.2 Å². The molecule has 0 unspecified atom stereocenters. The first-order valence-corrected chi connectivity index (χ1v) is 15.3. The summed E-state index contributed by atoms with van der Waals surface area (Å²) in [5.74, 6) is -0.234. The molecule has 0 saturated carbocycles. The molecule has 12 heteroatoms. The minimum atomic E-state index is -0.814. The smallest absolute Gasteiger partial charge is 0.344 e. The van der Waals surface area contributed by atoms with Crippen molar-refractivity contribution in [1.29, 1.82) is 0 Å². The Morgan fingerprint density at radius 1 is 1.17 bits per heavy atom. The van der Waals surface area contributed by atoms with Crippen LogP contribution in [0, 0.1) is 0 Å². The van der Waals surface area contributed by atoms with Crippen LogP contribution in [0.5, 0.6) is 11.5 Å². The van der Waals surface area contributed by atoms with Gasteiger partial charge in [-0.2, -0.15) is 0 Å². The number of rotatable bonds is 10. The molecule has 0 spiro atoms.